The number of nitrogens with zero attached hydrogens (tertiary/aromatic N) is 2. The van der Waals surface area contributed by atoms with E-state index in [1.54, 1.807) is 14.0 Å². The lowest BCUT2D eigenvalue weighted by atomic mass is 10.2. The van der Waals surface area contributed by atoms with Crippen LogP contribution >= 0.6 is 0 Å². The third-order valence-electron chi connectivity index (χ3n) is 2.12. The highest BCUT2D eigenvalue weighted by atomic mass is 19.4. The Morgan fingerprint density at radius 3 is 2.44 bits per heavy atom. The molecule has 3 nitrogen and oxygen atoms in total. The van der Waals surface area contributed by atoms with E-state index in [4.69, 9.17) is 0 Å². The Bertz CT molecular complexity index is 373. The predicted molar refractivity (Wildman–Crippen MR) is 51.9 cm³/mol. The molecule has 0 radical (unpaired) electrons. The van der Waals surface area contributed by atoms with Gasteiger partial charge in [-0.2, -0.15) is 13.2 Å². The lowest BCUT2D eigenvalue weighted by molar-refractivity contribution is -0.141. The molecule has 0 saturated carbocycles. The van der Waals surface area contributed by atoms with E-state index in [-0.39, 0.29) is 11.5 Å². The lowest BCUT2D eigenvalue weighted by Gasteiger charge is -2.14. The maximum Gasteiger partial charge on any atom is 0.433 e. The van der Waals surface area contributed by atoms with E-state index in [1.165, 1.54) is 4.90 Å². The maximum atomic E-state index is 12.2. The van der Waals surface area contributed by atoms with Crippen LogP contribution in [0, 0.1) is 0 Å². The summed E-state index contributed by atoms with van der Waals surface area (Å²) in [7, 11) is 1.57. The molecule has 88 valence electrons. The van der Waals surface area contributed by atoms with Gasteiger partial charge in [0.15, 0.2) is 0 Å². The van der Waals surface area contributed by atoms with E-state index in [0.717, 1.165) is 18.3 Å². The minimum Gasteiger partial charge on any atom is -0.342 e. The molecule has 1 heterocycles. The summed E-state index contributed by atoms with van der Waals surface area (Å²) in [5, 5.41) is 0. The van der Waals surface area contributed by atoms with E-state index in [2.05, 4.69) is 4.98 Å². The fraction of sp³-hybridized carbons (Fsp3) is 0.400. The van der Waals surface area contributed by atoms with Gasteiger partial charge in [-0.3, -0.25) is 9.78 Å². The molecule has 0 bridgehead atoms. The Morgan fingerprint density at radius 2 is 2.06 bits per heavy atom. The summed E-state index contributed by atoms with van der Waals surface area (Å²) in [6.45, 7) is 2.26. The zero-order valence-electron chi connectivity index (χ0n) is 8.88. The van der Waals surface area contributed by atoms with Crippen molar-refractivity contribution in [3.8, 4) is 0 Å². The highest BCUT2D eigenvalue weighted by Crippen LogP contribution is 2.27. The van der Waals surface area contributed by atoms with Crippen LogP contribution in [0.3, 0.4) is 0 Å². The van der Waals surface area contributed by atoms with Crippen LogP contribution in [0.15, 0.2) is 18.3 Å². The molecule has 1 amide bonds. The molecule has 1 aromatic rings. The lowest BCUT2D eigenvalue weighted by Crippen LogP contribution is -2.26. The Balaban J connectivity index is 2.91. The summed E-state index contributed by atoms with van der Waals surface area (Å²) < 4.78 is 36.6. The van der Waals surface area contributed by atoms with Crippen LogP contribution < -0.4 is 0 Å². The van der Waals surface area contributed by atoms with Crippen LogP contribution in [0.5, 0.6) is 0 Å². The minimum atomic E-state index is -4.47. The maximum absolute atomic E-state index is 12.2. The second-order valence-electron chi connectivity index (χ2n) is 3.25. The molecular weight excluding hydrogens is 221 g/mol. The second kappa shape index (κ2) is 4.51. The molecule has 6 heteroatoms. The Morgan fingerprint density at radius 1 is 1.44 bits per heavy atom. The summed E-state index contributed by atoms with van der Waals surface area (Å²) in [6, 6.07) is 1.93. The summed E-state index contributed by atoms with van der Waals surface area (Å²) in [5.41, 5.74) is -0.847. The van der Waals surface area contributed by atoms with E-state index in [9.17, 15) is 18.0 Å². The monoisotopic (exact) mass is 232 g/mol. The molecule has 0 spiro atoms. The minimum absolute atomic E-state index is 0.150. The van der Waals surface area contributed by atoms with Gasteiger partial charge < -0.3 is 4.90 Å². The molecule has 1 rings (SSSR count). The number of amides is 1. The molecule has 0 aliphatic heterocycles. The molecule has 0 aromatic carbocycles. The van der Waals surface area contributed by atoms with Gasteiger partial charge in [0, 0.05) is 19.8 Å². The fourth-order valence-electron chi connectivity index (χ4n) is 1.05. The molecule has 0 atom stereocenters. The first kappa shape index (κ1) is 12.5. The van der Waals surface area contributed by atoms with Crippen LogP contribution in [0.2, 0.25) is 0 Å². The number of carbonyl (C=O) groups is 1. The largest absolute Gasteiger partial charge is 0.433 e. The quantitative estimate of drug-likeness (QED) is 0.783. The first-order valence-corrected chi connectivity index (χ1v) is 4.65. The van der Waals surface area contributed by atoms with Gasteiger partial charge in [-0.05, 0) is 19.1 Å². The van der Waals surface area contributed by atoms with E-state index in [0.29, 0.717) is 6.54 Å². The number of halogens is 3. The average Bonchev–Trinajstić information content (AvgIpc) is 2.26. The summed E-state index contributed by atoms with van der Waals surface area (Å²) >= 11 is 0. The van der Waals surface area contributed by atoms with Crippen molar-refractivity contribution in [2.24, 2.45) is 0 Å². The zero-order valence-corrected chi connectivity index (χ0v) is 8.88. The molecule has 0 unspecified atom stereocenters. The van der Waals surface area contributed by atoms with Crippen molar-refractivity contribution >= 4 is 5.91 Å². The van der Waals surface area contributed by atoms with Gasteiger partial charge in [0.1, 0.15) is 5.69 Å². The van der Waals surface area contributed by atoms with E-state index in [1.807, 2.05) is 0 Å². The van der Waals surface area contributed by atoms with E-state index < -0.39 is 11.9 Å². The third-order valence-corrected chi connectivity index (χ3v) is 2.12. The van der Waals surface area contributed by atoms with Crippen molar-refractivity contribution in [2.75, 3.05) is 13.6 Å². The Hall–Kier alpha value is -1.59. The van der Waals surface area contributed by atoms with Gasteiger partial charge in [-0.25, -0.2) is 0 Å². The van der Waals surface area contributed by atoms with Crippen LogP contribution in [0.1, 0.15) is 23.0 Å². The fourth-order valence-corrected chi connectivity index (χ4v) is 1.05. The molecular formula is C10H11F3N2O. The number of pyridine rings is 1. The number of aromatic nitrogens is 1. The topological polar surface area (TPSA) is 33.2 Å². The van der Waals surface area contributed by atoms with Crippen molar-refractivity contribution in [2.45, 2.75) is 13.1 Å². The number of hydrogen-bond acceptors (Lipinski definition) is 2. The average molecular weight is 232 g/mol. The van der Waals surface area contributed by atoms with Crippen molar-refractivity contribution in [3.05, 3.63) is 29.6 Å². The summed E-state index contributed by atoms with van der Waals surface area (Å²) in [6.07, 6.45) is -3.53. The highest BCUT2D eigenvalue weighted by molar-refractivity contribution is 5.93. The smallest absolute Gasteiger partial charge is 0.342 e. The standard InChI is InChI=1S/C10H11F3N2O/c1-3-15(2)9(16)7-4-5-8(14-6-7)10(11,12)13/h4-6H,3H2,1-2H3. The number of rotatable bonds is 2. The molecule has 0 aliphatic carbocycles. The number of carbonyl (C=O) groups excluding carboxylic acids is 1. The molecule has 1 aromatic heterocycles. The molecule has 0 aliphatic rings. The van der Waals surface area contributed by atoms with Crippen LogP contribution in [0.4, 0.5) is 13.2 Å². The SMILES string of the molecule is CCN(C)C(=O)c1ccc(C(F)(F)F)nc1. The third kappa shape index (κ3) is 2.71. The normalized spacial score (nSPS) is 11.3. The number of alkyl halides is 3. The van der Waals surface area contributed by atoms with Crippen molar-refractivity contribution in [1.82, 2.24) is 9.88 Å². The first-order valence-electron chi connectivity index (χ1n) is 4.65. The highest BCUT2D eigenvalue weighted by Gasteiger charge is 2.32. The van der Waals surface area contributed by atoms with Crippen molar-refractivity contribution in [3.63, 3.8) is 0 Å². The first-order chi connectivity index (χ1) is 7.36. The van der Waals surface area contributed by atoms with Crippen molar-refractivity contribution < 1.29 is 18.0 Å². The summed E-state index contributed by atoms with van der Waals surface area (Å²) in [4.78, 5) is 16.1. The molecule has 0 N–H and O–H groups in total. The molecule has 0 fully saturated rings. The van der Waals surface area contributed by atoms with Crippen LogP contribution in [-0.4, -0.2) is 29.4 Å². The summed E-state index contributed by atoms with van der Waals surface area (Å²) in [5.74, 6) is -0.344. The van der Waals surface area contributed by atoms with Gasteiger partial charge in [0.2, 0.25) is 0 Å². The second-order valence-corrected chi connectivity index (χ2v) is 3.25. The van der Waals surface area contributed by atoms with Gasteiger partial charge in [-0.15, -0.1) is 0 Å². The molecule has 0 saturated heterocycles. The van der Waals surface area contributed by atoms with Gasteiger partial charge in [0.25, 0.3) is 5.91 Å². The van der Waals surface area contributed by atoms with Crippen LogP contribution in [0.25, 0.3) is 0 Å². The molecule has 16 heavy (non-hydrogen) atoms. The Labute approximate surface area is 90.9 Å². The zero-order chi connectivity index (χ0) is 12.3. The van der Waals surface area contributed by atoms with Crippen LogP contribution in [-0.2, 0) is 6.18 Å². The van der Waals surface area contributed by atoms with Gasteiger partial charge >= 0.3 is 6.18 Å². The van der Waals surface area contributed by atoms with E-state index >= 15 is 0 Å². The number of hydrogen-bond donors (Lipinski definition) is 0. The van der Waals surface area contributed by atoms with Gasteiger partial charge in [-0.1, -0.05) is 0 Å². The van der Waals surface area contributed by atoms with Gasteiger partial charge in [0.05, 0.1) is 5.56 Å². The Kier molecular flexibility index (Phi) is 3.51. The predicted octanol–water partition coefficient (Wildman–Crippen LogP) is 2.19. The van der Waals surface area contributed by atoms with Crippen molar-refractivity contribution in [1.29, 1.82) is 0 Å².